The highest BCUT2D eigenvalue weighted by molar-refractivity contribution is 5.82. The molecule has 0 aromatic heterocycles. The number of hydrogen-bond donors (Lipinski definition) is 1. The fourth-order valence-corrected chi connectivity index (χ4v) is 2.98. The molecule has 0 unspecified atom stereocenters. The van der Waals surface area contributed by atoms with Crippen molar-refractivity contribution >= 4 is 11.8 Å². The summed E-state index contributed by atoms with van der Waals surface area (Å²) < 4.78 is 0. The average Bonchev–Trinajstić information content (AvgIpc) is 2.59. The van der Waals surface area contributed by atoms with E-state index >= 15 is 0 Å². The number of piperidine rings is 1. The quantitative estimate of drug-likeness (QED) is 0.859. The number of hydrogen-bond acceptors (Lipinski definition) is 3. The van der Waals surface area contributed by atoms with Gasteiger partial charge in [-0.3, -0.25) is 14.5 Å². The SMILES string of the molecule is C[C@@H](C(=O)N1CCC(C(N)=O)CC1)N(C)CCc1ccccc1. The second-order valence-corrected chi connectivity index (χ2v) is 6.39. The first-order valence-electron chi connectivity index (χ1n) is 8.31. The summed E-state index contributed by atoms with van der Waals surface area (Å²) in [6.45, 7) is 4.05. The number of amides is 2. The van der Waals surface area contributed by atoms with Gasteiger partial charge in [-0.15, -0.1) is 0 Å². The number of likely N-dealkylation sites (tertiary alicyclic amines) is 1. The Hall–Kier alpha value is -1.88. The van der Waals surface area contributed by atoms with E-state index in [4.69, 9.17) is 5.73 Å². The number of nitrogens with zero attached hydrogens (tertiary/aromatic N) is 2. The van der Waals surface area contributed by atoms with Crippen molar-refractivity contribution in [3.05, 3.63) is 35.9 Å². The lowest BCUT2D eigenvalue weighted by atomic mass is 9.96. The first-order chi connectivity index (χ1) is 11.0. The van der Waals surface area contributed by atoms with Crippen LogP contribution in [0.4, 0.5) is 0 Å². The minimum absolute atomic E-state index is 0.0785. The van der Waals surface area contributed by atoms with Crippen LogP contribution in [0.3, 0.4) is 0 Å². The summed E-state index contributed by atoms with van der Waals surface area (Å²) in [5.74, 6) is -0.182. The fraction of sp³-hybridized carbons (Fsp3) is 0.556. The molecular weight excluding hydrogens is 290 g/mol. The van der Waals surface area contributed by atoms with Crippen LogP contribution in [0.2, 0.25) is 0 Å². The molecule has 5 nitrogen and oxygen atoms in total. The molecule has 0 radical (unpaired) electrons. The molecule has 23 heavy (non-hydrogen) atoms. The normalized spacial score (nSPS) is 17.3. The third-order valence-electron chi connectivity index (χ3n) is 4.82. The molecule has 2 rings (SSSR count). The minimum Gasteiger partial charge on any atom is -0.369 e. The molecule has 1 aromatic carbocycles. The molecular formula is C18H27N3O2. The summed E-state index contributed by atoms with van der Waals surface area (Å²) >= 11 is 0. The van der Waals surface area contributed by atoms with E-state index in [1.807, 2.05) is 37.1 Å². The van der Waals surface area contributed by atoms with Gasteiger partial charge in [0, 0.05) is 25.6 Å². The van der Waals surface area contributed by atoms with Gasteiger partial charge >= 0.3 is 0 Å². The molecule has 1 fully saturated rings. The molecule has 1 heterocycles. The van der Waals surface area contributed by atoms with E-state index in [0.29, 0.717) is 25.9 Å². The predicted octanol–water partition coefficient (Wildman–Crippen LogP) is 1.27. The van der Waals surface area contributed by atoms with Gasteiger partial charge in [-0.1, -0.05) is 30.3 Å². The monoisotopic (exact) mass is 317 g/mol. The molecule has 0 spiro atoms. The van der Waals surface area contributed by atoms with Crippen molar-refractivity contribution in [1.29, 1.82) is 0 Å². The van der Waals surface area contributed by atoms with E-state index in [2.05, 4.69) is 17.0 Å². The van der Waals surface area contributed by atoms with Gasteiger partial charge < -0.3 is 10.6 Å². The Bertz CT molecular complexity index is 524. The highest BCUT2D eigenvalue weighted by atomic mass is 16.2. The lowest BCUT2D eigenvalue weighted by Crippen LogP contribution is -2.49. The number of nitrogens with two attached hydrogens (primary N) is 1. The van der Waals surface area contributed by atoms with Crippen LogP contribution in [0.15, 0.2) is 30.3 Å². The van der Waals surface area contributed by atoms with Gasteiger partial charge in [0.1, 0.15) is 0 Å². The van der Waals surface area contributed by atoms with E-state index < -0.39 is 0 Å². The average molecular weight is 317 g/mol. The van der Waals surface area contributed by atoms with Gasteiger partial charge in [-0.2, -0.15) is 0 Å². The zero-order valence-electron chi connectivity index (χ0n) is 14.1. The maximum atomic E-state index is 12.6. The summed E-state index contributed by atoms with van der Waals surface area (Å²) in [5, 5.41) is 0. The van der Waals surface area contributed by atoms with E-state index in [0.717, 1.165) is 13.0 Å². The van der Waals surface area contributed by atoms with Crippen LogP contribution < -0.4 is 5.73 Å². The third kappa shape index (κ3) is 4.79. The third-order valence-corrected chi connectivity index (χ3v) is 4.82. The first kappa shape index (κ1) is 17.5. The van der Waals surface area contributed by atoms with Crippen molar-refractivity contribution < 1.29 is 9.59 Å². The van der Waals surface area contributed by atoms with Gasteiger partial charge in [0.25, 0.3) is 0 Å². The Labute approximate surface area is 138 Å². The number of carbonyl (C=O) groups is 2. The molecule has 1 atom stereocenters. The smallest absolute Gasteiger partial charge is 0.239 e. The van der Waals surface area contributed by atoms with Gasteiger partial charge in [-0.25, -0.2) is 0 Å². The summed E-state index contributed by atoms with van der Waals surface area (Å²) in [6.07, 6.45) is 2.29. The second-order valence-electron chi connectivity index (χ2n) is 6.39. The van der Waals surface area contributed by atoms with Gasteiger partial charge in [0.2, 0.25) is 11.8 Å². The Morgan fingerprint density at radius 1 is 1.26 bits per heavy atom. The second kappa shape index (κ2) is 8.11. The maximum Gasteiger partial charge on any atom is 0.239 e. The van der Waals surface area contributed by atoms with E-state index in [1.165, 1.54) is 5.56 Å². The van der Waals surface area contributed by atoms with Crippen LogP contribution >= 0.6 is 0 Å². The molecule has 0 aliphatic carbocycles. The summed E-state index contributed by atoms with van der Waals surface area (Å²) in [5.41, 5.74) is 6.62. The summed E-state index contributed by atoms with van der Waals surface area (Å²) in [4.78, 5) is 27.8. The van der Waals surface area contributed by atoms with Gasteiger partial charge in [-0.05, 0) is 38.8 Å². The largest absolute Gasteiger partial charge is 0.369 e. The van der Waals surface area contributed by atoms with Gasteiger partial charge in [0.05, 0.1) is 6.04 Å². The zero-order valence-corrected chi connectivity index (χ0v) is 14.1. The lowest BCUT2D eigenvalue weighted by Gasteiger charge is -2.34. The Kier molecular flexibility index (Phi) is 6.16. The zero-order chi connectivity index (χ0) is 16.8. The van der Waals surface area contributed by atoms with Crippen molar-refractivity contribution in [3.8, 4) is 0 Å². The molecule has 1 saturated heterocycles. The number of likely N-dealkylation sites (N-methyl/N-ethyl adjacent to an activating group) is 1. The number of carbonyl (C=O) groups excluding carboxylic acids is 2. The fourth-order valence-electron chi connectivity index (χ4n) is 2.98. The minimum atomic E-state index is -0.245. The van der Waals surface area contributed by atoms with Crippen molar-refractivity contribution in [2.24, 2.45) is 11.7 Å². The number of rotatable bonds is 6. The molecule has 126 valence electrons. The predicted molar refractivity (Wildman–Crippen MR) is 90.7 cm³/mol. The van der Waals surface area contributed by atoms with Crippen molar-refractivity contribution in [2.45, 2.75) is 32.2 Å². The van der Waals surface area contributed by atoms with E-state index in [-0.39, 0.29) is 23.8 Å². The van der Waals surface area contributed by atoms with Gasteiger partial charge in [0.15, 0.2) is 0 Å². The van der Waals surface area contributed by atoms with Crippen LogP contribution in [0, 0.1) is 5.92 Å². The molecule has 0 bridgehead atoms. The Morgan fingerprint density at radius 2 is 1.87 bits per heavy atom. The topological polar surface area (TPSA) is 66.6 Å². The van der Waals surface area contributed by atoms with E-state index in [1.54, 1.807) is 0 Å². The highest BCUT2D eigenvalue weighted by Crippen LogP contribution is 2.18. The number of benzene rings is 1. The standard InChI is InChI=1S/C18H27N3O2/c1-14(20(2)11-8-15-6-4-3-5-7-15)18(23)21-12-9-16(10-13-21)17(19)22/h3-7,14,16H,8-13H2,1-2H3,(H2,19,22)/t14-/m0/s1. The molecule has 0 saturated carbocycles. The van der Waals surface area contributed by atoms with Crippen LogP contribution in [0.5, 0.6) is 0 Å². The summed E-state index contributed by atoms with van der Waals surface area (Å²) in [6, 6.07) is 10.1. The Morgan fingerprint density at radius 3 is 2.43 bits per heavy atom. The van der Waals surface area contributed by atoms with Crippen molar-refractivity contribution in [1.82, 2.24) is 9.80 Å². The first-order valence-corrected chi connectivity index (χ1v) is 8.31. The molecule has 2 N–H and O–H groups in total. The van der Waals surface area contributed by atoms with E-state index in [9.17, 15) is 9.59 Å². The van der Waals surface area contributed by atoms with Crippen LogP contribution in [-0.4, -0.2) is 54.3 Å². The molecule has 1 aliphatic rings. The maximum absolute atomic E-state index is 12.6. The number of primary amides is 1. The molecule has 5 heteroatoms. The molecule has 1 aliphatic heterocycles. The van der Waals surface area contributed by atoms with Crippen LogP contribution in [-0.2, 0) is 16.0 Å². The van der Waals surface area contributed by atoms with Crippen molar-refractivity contribution in [3.63, 3.8) is 0 Å². The molecule has 2 amide bonds. The lowest BCUT2D eigenvalue weighted by molar-refractivity contribution is -0.139. The van der Waals surface area contributed by atoms with Crippen LogP contribution in [0.25, 0.3) is 0 Å². The highest BCUT2D eigenvalue weighted by Gasteiger charge is 2.29. The summed E-state index contributed by atoms with van der Waals surface area (Å²) in [7, 11) is 1.99. The van der Waals surface area contributed by atoms with Crippen LogP contribution in [0.1, 0.15) is 25.3 Å². The van der Waals surface area contributed by atoms with Crippen molar-refractivity contribution in [2.75, 3.05) is 26.7 Å². The molecule has 1 aromatic rings. The Balaban J connectivity index is 1.81.